The Bertz CT molecular complexity index is 574. The molecule has 9 heteroatoms. The van der Waals surface area contributed by atoms with Gasteiger partial charge in [0.15, 0.2) is 6.61 Å². The third-order valence-electron chi connectivity index (χ3n) is 3.80. The standard InChI is InChI=1S/C15H23N3O5S/c1-14(2,3)17-13(22)16-10(19)7-23-12(21)9-8-24-15(4)6-5-11(20)18(9)15/h9H,5-8H2,1-4H3,(H2,16,17,19,22)/t9-,15+/m1/s1. The number of ether oxygens (including phenoxy) is 1. The van der Waals surface area contributed by atoms with Crippen molar-refractivity contribution in [3.05, 3.63) is 0 Å². The van der Waals surface area contributed by atoms with Crippen LogP contribution >= 0.6 is 11.8 Å². The van der Waals surface area contributed by atoms with E-state index < -0.39 is 36.1 Å². The normalized spacial score (nSPS) is 26.1. The Hall–Kier alpha value is -1.77. The number of carbonyl (C=O) groups excluding carboxylic acids is 4. The summed E-state index contributed by atoms with van der Waals surface area (Å²) in [6, 6.07) is -1.33. The lowest BCUT2D eigenvalue weighted by Crippen LogP contribution is -2.50. The third kappa shape index (κ3) is 4.19. The van der Waals surface area contributed by atoms with Crippen molar-refractivity contribution in [3.63, 3.8) is 0 Å². The first-order valence-electron chi connectivity index (χ1n) is 7.77. The summed E-state index contributed by atoms with van der Waals surface area (Å²) in [6.07, 6.45) is 1.12. The molecule has 0 aromatic heterocycles. The molecule has 2 heterocycles. The molecule has 0 aliphatic carbocycles. The highest BCUT2D eigenvalue weighted by Crippen LogP contribution is 2.47. The number of urea groups is 1. The Kier molecular flexibility index (Phi) is 5.12. The van der Waals surface area contributed by atoms with Crippen LogP contribution in [0, 0.1) is 0 Å². The van der Waals surface area contributed by atoms with Crippen LogP contribution in [0.15, 0.2) is 0 Å². The predicted molar refractivity (Wildman–Crippen MR) is 88.1 cm³/mol. The Morgan fingerprint density at radius 1 is 1.38 bits per heavy atom. The molecule has 2 aliphatic heterocycles. The molecular weight excluding hydrogens is 334 g/mol. The second kappa shape index (κ2) is 6.62. The number of rotatable bonds is 3. The molecule has 2 fully saturated rings. The average Bonchev–Trinajstić information content (AvgIpc) is 2.91. The Labute approximate surface area is 145 Å². The van der Waals surface area contributed by atoms with Gasteiger partial charge in [-0.05, 0) is 34.1 Å². The molecule has 0 radical (unpaired) electrons. The van der Waals surface area contributed by atoms with Gasteiger partial charge in [-0.15, -0.1) is 11.8 Å². The fraction of sp³-hybridized carbons (Fsp3) is 0.733. The van der Waals surface area contributed by atoms with E-state index >= 15 is 0 Å². The van der Waals surface area contributed by atoms with Crippen molar-refractivity contribution in [2.75, 3.05) is 12.4 Å². The molecule has 2 rings (SSSR count). The maximum atomic E-state index is 12.2. The fourth-order valence-corrected chi connectivity index (χ4v) is 4.18. The topological polar surface area (TPSA) is 105 Å². The van der Waals surface area contributed by atoms with Crippen LogP contribution in [-0.2, 0) is 19.1 Å². The maximum absolute atomic E-state index is 12.2. The minimum absolute atomic E-state index is 0.0709. The number of amides is 4. The van der Waals surface area contributed by atoms with Gasteiger partial charge in [-0.3, -0.25) is 14.9 Å². The van der Waals surface area contributed by atoms with Crippen LogP contribution < -0.4 is 10.6 Å². The molecule has 4 amide bonds. The van der Waals surface area contributed by atoms with Crippen LogP contribution in [0.25, 0.3) is 0 Å². The van der Waals surface area contributed by atoms with E-state index in [4.69, 9.17) is 4.74 Å². The van der Waals surface area contributed by atoms with Crippen LogP contribution in [0.5, 0.6) is 0 Å². The number of hydrogen-bond acceptors (Lipinski definition) is 6. The monoisotopic (exact) mass is 357 g/mol. The zero-order valence-electron chi connectivity index (χ0n) is 14.3. The van der Waals surface area contributed by atoms with E-state index in [2.05, 4.69) is 10.6 Å². The first-order valence-corrected chi connectivity index (χ1v) is 8.75. The van der Waals surface area contributed by atoms with E-state index in [0.717, 1.165) is 0 Å². The maximum Gasteiger partial charge on any atom is 0.330 e. The molecule has 0 aromatic rings. The number of esters is 1. The molecule has 2 N–H and O–H groups in total. The van der Waals surface area contributed by atoms with Crippen molar-refractivity contribution in [3.8, 4) is 0 Å². The molecule has 24 heavy (non-hydrogen) atoms. The van der Waals surface area contributed by atoms with Crippen LogP contribution in [0.3, 0.4) is 0 Å². The molecule has 2 atom stereocenters. The van der Waals surface area contributed by atoms with Crippen LogP contribution in [0.2, 0.25) is 0 Å². The van der Waals surface area contributed by atoms with Crippen LogP contribution in [-0.4, -0.2) is 57.5 Å². The van der Waals surface area contributed by atoms with Crippen LogP contribution in [0.1, 0.15) is 40.5 Å². The minimum Gasteiger partial charge on any atom is -0.454 e. The number of thioether (sulfide) groups is 1. The van der Waals surface area contributed by atoms with E-state index in [1.165, 1.54) is 0 Å². The van der Waals surface area contributed by atoms with Crippen molar-refractivity contribution in [2.24, 2.45) is 0 Å². The second-order valence-electron chi connectivity index (χ2n) is 7.13. The van der Waals surface area contributed by atoms with Crippen LogP contribution in [0.4, 0.5) is 4.79 Å². The van der Waals surface area contributed by atoms with Crippen molar-refractivity contribution in [2.45, 2.75) is 57.0 Å². The summed E-state index contributed by atoms with van der Waals surface area (Å²) in [5.41, 5.74) is -0.483. The fourth-order valence-electron chi connectivity index (χ4n) is 2.76. The zero-order chi connectivity index (χ0) is 18.1. The number of imide groups is 1. The number of hydrogen-bond donors (Lipinski definition) is 2. The van der Waals surface area contributed by atoms with Gasteiger partial charge >= 0.3 is 12.0 Å². The second-order valence-corrected chi connectivity index (χ2v) is 8.63. The highest BCUT2D eigenvalue weighted by molar-refractivity contribution is 8.01. The minimum atomic E-state index is -0.716. The molecule has 134 valence electrons. The first-order chi connectivity index (χ1) is 11.0. The average molecular weight is 357 g/mol. The van der Waals surface area contributed by atoms with Gasteiger partial charge in [-0.2, -0.15) is 0 Å². The summed E-state index contributed by atoms with van der Waals surface area (Å²) in [5, 5.41) is 4.66. The SMILES string of the molecule is CC(C)(C)NC(=O)NC(=O)COC(=O)[C@H]1CS[C@@]2(C)CCC(=O)N12. The molecule has 2 aliphatic rings. The number of carbonyl (C=O) groups is 4. The molecule has 0 spiro atoms. The van der Waals surface area contributed by atoms with Gasteiger partial charge in [-0.1, -0.05) is 0 Å². The van der Waals surface area contributed by atoms with Gasteiger partial charge in [-0.25, -0.2) is 9.59 Å². The third-order valence-corrected chi connectivity index (χ3v) is 5.31. The van der Waals surface area contributed by atoms with Gasteiger partial charge < -0.3 is 15.0 Å². The van der Waals surface area contributed by atoms with Crippen molar-refractivity contribution >= 4 is 35.6 Å². The highest BCUT2D eigenvalue weighted by Gasteiger charge is 2.53. The molecule has 0 aromatic carbocycles. The van der Waals surface area contributed by atoms with E-state index in [1.807, 2.05) is 6.92 Å². The lowest BCUT2D eigenvalue weighted by Gasteiger charge is -2.29. The van der Waals surface area contributed by atoms with Gasteiger partial charge in [0, 0.05) is 17.7 Å². The van der Waals surface area contributed by atoms with E-state index in [1.54, 1.807) is 37.4 Å². The molecule has 0 bridgehead atoms. The number of nitrogens with one attached hydrogen (secondary N) is 2. The number of nitrogens with zero attached hydrogens (tertiary/aromatic N) is 1. The van der Waals surface area contributed by atoms with E-state index in [0.29, 0.717) is 18.6 Å². The van der Waals surface area contributed by atoms with Gasteiger partial charge in [0.25, 0.3) is 5.91 Å². The smallest absolute Gasteiger partial charge is 0.330 e. The lowest BCUT2D eigenvalue weighted by molar-refractivity contribution is -0.156. The van der Waals surface area contributed by atoms with E-state index in [-0.39, 0.29) is 10.8 Å². The molecule has 8 nitrogen and oxygen atoms in total. The molecule has 2 saturated heterocycles. The number of fused-ring (bicyclic) bond motifs is 1. The van der Waals surface area contributed by atoms with Gasteiger partial charge in [0.2, 0.25) is 5.91 Å². The molecule has 0 saturated carbocycles. The predicted octanol–water partition coefficient (Wildman–Crippen LogP) is 0.608. The zero-order valence-corrected chi connectivity index (χ0v) is 15.1. The summed E-state index contributed by atoms with van der Waals surface area (Å²) in [7, 11) is 0. The summed E-state index contributed by atoms with van der Waals surface area (Å²) >= 11 is 1.55. The summed E-state index contributed by atoms with van der Waals surface area (Å²) in [5.74, 6) is -0.953. The van der Waals surface area contributed by atoms with Crippen molar-refractivity contribution in [1.29, 1.82) is 0 Å². The first kappa shape index (κ1) is 18.6. The largest absolute Gasteiger partial charge is 0.454 e. The lowest BCUT2D eigenvalue weighted by atomic mass is 10.1. The highest BCUT2D eigenvalue weighted by atomic mass is 32.2. The van der Waals surface area contributed by atoms with Crippen molar-refractivity contribution in [1.82, 2.24) is 15.5 Å². The van der Waals surface area contributed by atoms with Gasteiger partial charge in [0.05, 0.1) is 4.87 Å². The Morgan fingerprint density at radius 2 is 2.04 bits per heavy atom. The Balaban J connectivity index is 1.82. The summed E-state index contributed by atoms with van der Waals surface area (Å²) in [6.45, 7) is 6.70. The quantitative estimate of drug-likeness (QED) is 0.717. The molecule has 0 unspecified atom stereocenters. The summed E-state index contributed by atoms with van der Waals surface area (Å²) in [4.78, 5) is 48.6. The summed E-state index contributed by atoms with van der Waals surface area (Å²) < 4.78 is 4.98. The van der Waals surface area contributed by atoms with Gasteiger partial charge in [0.1, 0.15) is 6.04 Å². The Morgan fingerprint density at radius 3 is 2.67 bits per heavy atom. The molecular formula is C15H23N3O5S. The van der Waals surface area contributed by atoms with E-state index in [9.17, 15) is 19.2 Å². The van der Waals surface area contributed by atoms with Crippen molar-refractivity contribution < 1.29 is 23.9 Å².